The van der Waals surface area contributed by atoms with Crippen LogP contribution in [0.1, 0.15) is 60.4 Å². The first-order chi connectivity index (χ1) is 11.2. The van der Waals surface area contributed by atoms with Crippen molar-refractivity contribution in [3.63, 3.8) is 0 Å². The van der Waals surface area contributed by atoms with Crippen LogP contribution in [0.3, 0.4) is 0 Å². The summed E-state index contributed by atoms with van der Waals surface area (Å²) in [5, 5.41) is 4.61. The molecule has 5 heteroatoms. The van der Waals surface area contributed by atoms with Gasteiger partial charge >= 0.3 is 0 Å². The number of aryl methyl sites for hydroxylation is 2. The number of fused-ring (bicyclic) bond motifs is 1. The summed E-state index contributed by atoms with van der Waals surface area (Å²) in [4.78, 5) is 11.9. The van der Waals surface area contributed by atoms with Gasteiger partial charge in [-0.3, -0.25) is 9.58 Å². The first-order valence-corrected chi connectivity index (χ1v) is 8.83. The van der Waals surface area contributed by atoms with Crippen LogP contribution < -0.4 is 0 Å². The van der Waals surface area contributed by atoms with Gasteiger partial charge in [-0.25, -0.2) is 9.97 Å². The van der Waals surface area contributed by atoms with Crippen molar-refractivity contribution in [2.75, 3.05) is 6.54 Å². The zero-order valence-corrected chi connectivity index (χ0v) is 14.1. The molecule has 3 heterocycles. The average molecular weight is 311 g/mol. The number of hydrogen-bond acceptors (Lipinski definition) is 4. The van der Waals surface area contributed by atoms with E-state index in [1.807, 2.05) is 0 Å². The van der Waals surface area contributed by atoms with Crippen LogP contribution in [0.15, 0.2) is 12.4 Å². The third-order valence-electron chi connectivity index (χ3n) is 4.87. The van der Waals surface area contributed by atoms with E-state index in [0.29, 0.717) is 5.92 Å². The average Bonchev–Trinajstić information content (AvgIpc) is 3.33. The Labute approximate surface area is 137 Å². The fraction of sp³-hybridized carbons (Fsp3) is 0.611. The molecule has 4 rings (SSSR count). The molecule has 0 unspecified atom stereocenters. The van der Waals surface area contributed by atoms with Gasteiger partial charge in [0, 0.05) is 67.7 Å². The second-order valence-electron chi connectivity index (χ2n) is 6.94. The predicted molar refractivity (Wildman–Crippen MR) is 89.1 cm³/mol. The van der Waals surface area contributed by atoms with Crippen molar-refractivity contribution in [2.24, 2.45) is 0 Å². The van der Waals surface area contributed by atoms with E-state index in [1.54, 1.807) is 0 Å². The molecule has 5 nitrogen and oxygen atoms in total. The molecular weight excluding hydrogens is 286 g/mol. The maximum Gasteiger partial charge on any atom is 0.131 e. The Bertz CT molecular complexity index is 701. The molecule has 0 saturated heterocycles. The lowest BCUT2D eigenvalue weighted by molar-refractivity contribution is 0.242. The molecule has 0 atom stereocenters. The summed E-state index contributed by atoms with van der Waals surface area (Å²) in [5.74, 6) is 1.72. The van der Waals surface area contributed by atoms with Gasteiger partial charge in [-0.05, 0) is 26.2 Å². The van der Waals surface area contributed by atoms with Gasteiger partial charge in [0.2, 0.25) is 0 Å². The summed E-state index contributed by atoms with van der Waals surface area (Å²) in [7, 11) is 0. The zero-order chi connectivity index (χ0) is 15.8. The molecule has 0 radical (unpaired) electrons. The van der Waals surface area contributed by atoms with Crippen molar-refractivity contribution in [3.05, 3.63) is 40.7 Å². The Morgan fingerprint density at radius 1 is 1.30 bits per heavy atom. The molecule has 1 aliphatic carbocycles. The molecular formula is C18H25N5. The van der Waals surface area contributed by atoms with E-state index in [2.05, 4.69) is 45.9 Å². The van der Waals surface area contributed by atoms with Crippen LogP contribution in [0.5, 0.6) is 0 Å². The molecule has 0 amide bonds. The van der Waals surface area contributed by atoms with E-state index in [1.165, 1.54) is 29.7 Å². The topological polar surface area (TPSA) is 46.8 Å². The summed E-state index contributed by atoms with van der Waals surface area (Å²) < 4.78 is 2.08. The Balaban J connectivity index is 1.45. The zero-order valence-electron chi connectivity index (χ0n) is 14.1. The molecule has 1 fully saturated rings. The molecule has 1 saturated carbocycles. The minimum absolute atomic E-state index is 0.644. The number of aromatic nitrogens is 4. The monoisotopic (exact) mass is 311 g/mol. The molecule has 0 bridgehead atoms. The molecule has 0 spiro atoms. The van der Waals surface area contributed by atoms with Gasteiger partial charge in [0.25, 0.3) is 0 Å². The Kier molecular flexibility index (Phi) is 3.89. The van der Waals surface area contributed by atoms with E-state index in [-0.39, 0.29) is 0 Å². The van der Waals surface area contributed by atoms with E-state index >= 15 is 0 Å². The quantitative estimate of drug-likeness (QED) is 0.852. The van der Waals surface area contributed by atoms with Crippen molar-refractivity contribution < 1.29 is 0 Å². The van der Waals surface area contributed by atoms with Crippen LogP contribution in [0, 0.1) is 6.92 Å². The predicted octanol–water partition coefficient (Wildman–Crippen LogP) is 2.83. The SMILES string of the molecule is CCCn1cc(CN2CCc3nc(C4CC4)ncc3C2)c(C)n1. The van der Waals surface area contributed by atoms with Crippen LogP contribution >= 0.6 is 0 Å². The smallest absolute Gasteiger partial charge is 0.131 e. The highest BCUT2D eigenvalue weighted by molar-refractivity contribution is 5.23. The maximum absolute atomic E-state index is 4.81. The molecule has 2 aliphatic rings. The number of hydrogen-bond donors (Lipinski definition) is 0. The van der Waals surface area contributed by atoms with E-state index in [4.69, 9.17) is 4.98 Å². The first kappa shape index (κ1) is 14.8. The molecule has 122 valence electrons. The van der Waals surface area contributed by atoms with Gasteiger partial charge in [0.15, 0.2) is 0 Å². The summed E-state index contributed by atoms with van der Waals surface area (Å²) in [6, 6.07) is 0. The summed E-state index contributed by atoms with van der Waals surface area (Å²) >= 11 is 0. The maximum atomic E-state index is 4.81. The molecule has 2 aromatic heterocycles. The highest BCUT2D eigenvalue weighted by atomic mass is 15.3. The van der Waals surface area contributed by atoms with Crippen LogP contribution in [0.25, 0.3) is 0 Å². The van der Waals surface area contributed by atoms with Crippen molar-refractivity contribution in [1.29, 1.82) is 0 Å². The second kappa shape index (κ2) is 6.04. The minimum Gasteiger partial charge on any atom is -0.294 e. The molecule has 0 aromatic carbocycles. The van der Waals surface area contributed by atoms with Crippen molar-refractivity contribution in [2.45, 2.75) is 65.1 Å². The lowest BCUT2D eigenvalue weighted by Crippen LogP contribution is -2.31. The highest BCUT2D eigenvalue weighted by Gasteiger charge is 2.28. The molecule has 23 heavy (non-hydrogen) atoms. The van der Waals surface area contributed by atoms with Gasteiger partial charge in [-0.15, -0.1) is 0 Å². The number of nitrogens with zero attached hydrogens (tertiary/aromatic N) is 5. The lowest BCUT2D eigenvalue weighted by atomic mass is 10.1. The highest BCUT2D eigenvalue weighted by Crippen LogP contribution is 2.38. The summed E-state index contributed by atoms with van der Waals surface area (Å²) in [5.41, 5.74) is 5.08. The van der Waals surface area contributed by atoms with Crippen LogP contribution in [-0.2, 0) is 26.1 Å². The first-order valence-electron chi connectivity index (χ1n) is 8.83. The summed E-state index contributed by atoms with van der Waals surface area (Å²) in [6.07, 6.45) is 8.98. The lowest BCUT2D eigenvalue weighted by Gasteiger charge is -2.27. The van der Waals surface area contributed by atoms with Gasteiger partial charge in [0.05, 0.1) is 5.69 Å². The molecule has 0 N–H and O–H groups in total. The van der Waals surface area contributed by atoms with Gasteiger partial charge in [0.1, 0.15) is 5.82 Å². The standard InChI is InChI=1S/C18H25N5/c1-3-7-23-12-16(13(2)21-23)11-22-8-6-17-15(10-22)9-19-18(20-17)14-4-5-14/h9,12,14H,3-8,10-11H2,1-2H3. The van der Waals surface area contributed by atoms with Crippen molar-refractivity contribution >= 4 is 0 Å². The fourth-order valence-corrected chi connectivity index (χ4v) is 3.36. The van der Waals surface area contributed by atoms with Crippen molar-refractivity contribution in [3.8, 4) is 0 Å². The normalized spacial score (nSPS) is 18.2. The van der Waals surface area contributed by atoms with E-state index in [9.17, 15) is 0 Å². The third-order valence-corrected chi connectivity index (χ3v) is 4.87. The van der Waals surface area contributed by atoms with E-state index in [0.717, 1.165) is 50.5 Å². The molecule has 1 aliphatic heterocycles. The fourth-order valence-electron chi connectivity index (χ4n) is 3.36. The Hall–Kier alpha value is -1.75. The molecule has 2 aromatic rings. The van der Waals surface area contributed by atoms with E-state index < -0.39 is 0 Å². The third kappa shape index (κ3) is 3.15. The second-order valence-corrected chi connectivity index (χ2v) is 6.94. The Morgan fingerprint density at radius 2 is 2.17 bits per heavy atom. The van der Waals surface area contributed by atoms with Crippen LogP contribution in [0.4, 0.5) is 0 Å². The van der Waals surface area contributed by atoms with Gasteiger partial charge in [-0.2, -0.15) is 5.10 Å². The minimum atomic E-state index is 0.644. The Morgan fingerprint density at radius 3 is 2.96 bits per heavy atom. The van der Waals surface area contributed by atoms with Gasteiger partial charge in [-0.1, -0.05) is 6.92 Å². The summed E-state index contributed by atoms with van der Waals surface area (Å²) in [6.45, 7) is 8.31. The van der Waals surface area contributed by atoms with Crippen LogP contribution in [-0.4, -0.2) is 31.2 Å². The van der Waals surface area contributed by atoms with Crippen molar-refractivity contribution in [1.82, 2.24) is 24.6 Å². The van der Waals surface area contributed by atoms with Gasteiger partial charge < -0.3 is 0 Å². The van der Waals surface area contributed by atoms with Crippen LogP contribution in [0.2, 0.25) is 0 Å². The largest absolute Gasteiger partial charge is 0.294 e. The number of rotatable bonds is 5.